The van der Waals surface area contributed by atoms with Gasteiger partial charge in [-0.2, -0.15) is 0 Å². The minimum absolute atomic E-state index is 0.365. The van der Waals surface area contributed by atoms with E-state index in [9.17, 15) is 0 Å². The zero-order valence-electron chi connectivity index (χ0n) is 14.2. The zero-order chi connectivity index (χ0) is 15.3. The molecule has 0 atom stereocenters. The van der Waals surface area contributed by atoms with Gasteiger partial charge in [0.2, 0.25) is 0 Å². The average molecular weight is 289 g/mol. The van der Waals surface area contributed by atoms with E-state index in [4.69, 9.17) is 4.74 Å². The van der Waals surface area contributed by atoms with Gasteiger partial charge in [0.1, 0.15) is 0 Å². The second-order valence-corrected chi connectivity index (χ2v) is 7.18. The van der Waals surface area contributed by atoms with Crippen molar-refractivity contribution in [2.45, 2.75) is 47.0 Å². The van der Waals surface area contributed by atoms with Crippen molar-refractivity contribution < 1.29 is 4.74 Å². The van der Waals surface area contributed by atoms with Crippen molar-refractivity contribution in [2.75, 3.05) is 26.3 Å². The van der Waals surface area contributed by atoms with Crippen LogP contribution in [0.1, 0.15) is 43.4 Å². The minimum Gasteiger partial charge on any atom is -0.381 e. The summed E-state index contributed by atoms with van der Waals surface area (Å²) in [6.45, 7) is 13.1. The van der Waals surface area contributed by atoms with Crippen molar-refractivity contribution in [3.8, 4) is 0 Å². The van der Waals surface area contributed by atoms with Crippen LogP contribution in [0.25, 0.3) is 0 Å². The van der Waals surface area contributed by atoms with Crippen LogP contribution in [-0.2, 0) is 11.2 Å². The van der Waals surface area contributed by atoms with Gasteiger partial charge in [-0.15, -0.1) is 0 Å². The van der Waals surface area contributed by atoms with Gasteiger partial charge in [0, 0.05) is 19.8 Å². The molecule has 1 heterocycles. The largest absolute Gasteiger partial charge is 0.381 e. The highest BCUT2D eigenvalue weighted by molar-refractivity contribution is 5.34. The number of nitrogens with one attached hydrogen (secondary N) is 1. The smallest absolute Gasteiger partial charge is 0.0471 e. The Labute approximate surface area is 130 Å². The van der Waals surface area contributed by atoms with Crippen LogP contribution < -0.4 is 5.32 Å². The fraction of sp³-hybridized carbons (Fsp3) is 0.684. The molecule has 2 rings (SSSR count). The molecule has 0 spiro atoms. The summed E-state index contributed by atoms with van der Waals surface area (Å²) in [5.74, 6) is 0.710. The Morgan fingerprint density at radius 2 is 1.76 bits per heavy atom. The molecule has 0 bridgehead atoms. The lowest BCUT2D eigenvalue weighted by Gasteiger charge is -2.38. The topological polar surface area (TPSA) is 21.3 Å². The fourth-order valence-electron chi connectivity index (χ4n) is 3.35. The highest BCUT2D eigenvalue weighted by Crippen LogP contribution is 2.35. The van der Waals surface area contributed by atoms with Crippen LogP contribution in [0.2, 0.25) is 0 Å². The van der Waals surface area contributed by atoms with Crippen molar-refractivity contribution in [1.82, 2.24) is 5.32 Å². The first kappa shape index (κ1) is 16.5. The van der Waals surface area contributed by atoms with E-state index in [2.05, 4.69) is 51.2 Å². The predicted octanol–water partition coefficient (Wildman–Crippen LogP) is 3.89. The summed E-state index contributed by atoms with van der Waals surface area (Å²) in [4.78, 5) is 0. The van der Waals surface area contributed by atoms with Crippen molar-refractivity contribution in [1.29, 1.82) is 0 Å². The molecule has 0 saturated carbocycles. The third-order valence-electron chi connectivity index (χ3n) is 4.80. The molecule has 0 unspecified atom stereocenters. The molecule has 1 N–H and O–H groups in total. The molecule has 2 nitrogen and oxygen atoms in total. The maximum atomic E-state index is 5.62. The lowest BCUT2D eigenvalue weighted by molar-refractivity contribution is 0.0146. The van der Waals surface area contributed by atoms with E-state index in [-0.39, 0.29) is 0 Å². The Balaban J connectivity index is 2.12. The van der Waals surface area contributed by atoms with Crippen molar-refractivity contribution in [3.63, 3.8) is 0 Å². The molecule has 1 aliphatic rings. The van der Waals surface area contributed by atoms with Crippen LogP contribution in [0.5, 0.6) is 0 Å². The van der Waals surface area contributed by atoms with E-state index in [0.717, 1.165) is 26.3 Å². The second-order valence-electron chi connectivity index (χ2n) is 7.18. The Morgan fingerprint density at radius 3 is 2.33 bits per heavy atom. The number of benzene rings is 1. The third kappa shape index (κ3) is 4.55. The van der Waals surface area contributed by atoms with Crippen LogP contribution in [0.4, 0.5) is 0 Å². The number of hydrogen-bond donors (Lipinski definition) is 1. The third-order valence-corrected chi connectivity index (χ3v) is 4.80. The number of ether oxygens (including phenoxy) is 1. The molecule has 2 heteroatoms. The fourth-order valence-corrected chi connectivity index (χ4v) is 3.35. The predicted molar refractivity (Wildman–Crippen MR) is 89.8 cm³/mol. The molecule has 0 aromatic heterocycles. The molecule has 0 aliphatic carbocycles. The Hall–Kier alpha value is -0.860. The maximum absolute atomic E-state index is 5.62. The first-order valence-corrected chi connectivity index (χ1v) is 8.36. The van der Waals surface area contributed by atoms with Crippen LogP contribution in [0.3, 0.4) is 0 Å². The van der Waals surface area contributed by atoms with Crippen molar-refractivity contribution in [2.24, 2.45) is 11.3 Å². The summed E-state index contributed by atoms with van der Waals surface area (Å²) in [6.07, 6.45) is 3.53. The van der Waals surface area contributed by atoms with Crippen molar-refractivity contribution >= 4 is 0 Å². The summed E-state index contributed by atoms with van der Waals surface area (Å²) in [7, 11) is 0. The normalized spacial score (nSPS) is 18.1. The molecule has 0 radical (unpaired) electrons. The summed E-state index contributed by atoms with van der Waals surface area (Å²) in [5, 5.41) is 3.70. The SMILES string of the molecule is Cc1cccc(C)c1CC1(CNCC(C)C)CCOCC1. The Bertz CT molecular complexity index is 427. The van der Waals surface area contributed by atoms with Crippen LogP contribution in [0, 0.1) is 25.2 Å². The zero-order valence-corrected chi connectivity index (χ0v) is 14.2. The Morgan fingerprint density at radius 1 is 1.14 bits per heavy atom. The molecule has 1 aliphatic heterocycles. The number of aryl methyl sites for hydroxylation is 2. The summed E-state index contributed by atoms with van der Waals surface area (Å²) in [5.41, 5.74) is 4.78. The van der Waals surface area contributed by atoms with Gasteiger partial charge in [-0.05, 0) is 67.7 Å². The number of rotatable bonds is 6. The summed E-state index contributed by atoms with van der Waals surface area (Å²) < 4.78 is 5.62. The van der Waals surface area contributed by atoms with Gasteiger partial charge in [-0.25, -0.2) is 0 Å². The average Bonchev–Trinajstić information content (AvgIpc) is 2.44. The van der Waals surface area contributed by atoms with E-state index in [1.54, 1.807) is 5.56 Å². The first-order valence-electron chi connectivity index (χ1n) is 8.36. The van der Waals surface area contributed by atoms with Gasteiger partial charge >= 0.3 is 0 Å². The summed E-state index contributed by atoms with van der Waals surface area (Å²) >= 11 is 0. The molecule has 1 fully saturated rings. The summed E-state index contributed by atoms with van der Waals surface area (Å²) in [6, 6.07) is 6.66. The van der Waals surface area contributed by atoms with Crippen LogP contribution >= 0.6 is 0 Å². The first-order chi connectivity index (χ1) is 10.0. The van der Waals surface area contributed by atoms with Gasteiger partial charge < -0.3 is 10.1 Å². The van der Waals surface area contributed by atoms with E-state index in [1.165, 1.54) is 30.4 Å². The van der Waals surface area contributed by atoms with E-state index >= 15 is 0 Å². The van der Waals surface area contributed by atoms with E-state index < -0.39 is 0 Å². The lowest BCUT2D eigenvalue weighted by Crippen LogP contribution is -2.42. The van der Waals surface area contributed by atoms with Gasteiger partial charge in [0.05, 0.1) is 0 Å². The monoisotopic (exact) mass is 289 g/mol. The minimum atomic E-state index is 0.365. The molecule has 1 saturated heterocycles. The molecular formula is C19H31NO. The highest BCUT2D eigenvalue weighted by atomic mass is 16.5. The van der Waals surface area contributed by atoms with Gasteiger partial charge in [-0.1, -0.05) is 32.0 Å². The molecular weight excluding hydrogens is 258 g/mol. The highest BCUT2D eigenvalue weighted by Gasteiger charge is 2.33. The second kappa shape index (κ2) is 7.42. The maximum Gasteiger partial charge on any atom is 0.0471 e. The van der Waals surface area contributed by atoms with Crippen LogP contribution in [-0.4, -0.2) is 26.3 Å². The molecule has 0 amide bonds. The molecule has 21 heavy (non-hydrogen) atoms. The van der Waals surface area contributed by atoms with Crippen LogP contribution in [0.15, 0.2) is 18.2 Å². The quantitative estimate of drug-likeness (QED) is 0.858. The lowest BCUT2D eigenvalue weighted by atomic mass is 9.73. The van der Waals surface area contributed by atoms with E-state index in [1.807, 2.05) is 0 Å². The molecule has 1 aromatic carbocycles. The number of hydrogen-bond acceptors (Lipinski definition) is 2. The standard InChI is InChI=1S/C19H31NO/c1-15(2)13-20-14-19(8-10-21-11-9-19)12-18-16(3)6-5-7-17(18)4/h5-7,15,20H,8-14H2,1-4H3. The van der Waals surface area contributed by atoms with Crippen molar-refractivity contribution in [3.05, 3.63) is 34.9 Å². The van der Waals surface area contributed by atoms with E-state index in [0.29, 0.717) is 11.3 Å². The van der Waals surface area contributed by atoms with Gasteiger partial charge in [-0.3, -0.25) is 0 Å². The molecule has 118 valence electrons. The molecule has 1 aromatic rings. The van der Waals surface area contributed by atoms with Gasteiger partial charge in [0.15, 0.2) is 0 Å². The van der Waals surface area contributed by atoms with Gasteiger partial charge in [0.25, 0.3) is 0 Å². The Kier molecular flexibility index (Phi) is 5.83.